The minimum absolute atomic E-state index is 0.0440. The van der Waals surface area contributed by atoms with Gasteiger partial charge in [-0.15, -0.1) is 0 Å². The minimum atomic E-state index is -0.115. The molecule has 132 valence electrons. The molecule has 0 aliphatic rings. The van der Waals surface area contributed by atoms with E-state index in [1.807, 2.05) is 42.5 Å². The number of ether oxygens (including phenoxy) is 1. The van der Waals surface area contributed by atoms with Gasteiger partial charge in [-0.2, -0.15) is 0 Å². The Morgan fingerprint density at radius 1 is 0.920 bits per heavy atom. The summed E-state index contributed by atoms with van der Waals surface area (Å²) in [6.45, 7) is 2.98. The zero-order valence-corrected chi connectivity index (χ0v) is 14.2. The van der Waals surface area contributed by atoms with Crippen LogP contribution in [-0.4, -0.2) is 31.4 Å². The molecule has 2 aromatic rings. The number of anilines is 1. The van der Waals surface area contributed by atoms with Crippen molar-refractivity contribution in [3.8, 4) is 11.5 Å². The van der Waals surface area contributed by atoms with Crippen LogP contribution in [0.25, 0.3) is 0 Å². The van der Waals surface area contributed by atoms with Crippen molar-refractivity contribution < 1.29 is 14.3 Å². The quantitative estimate of drug-likeness (QED) is 0.613. The van der Waals surface area contributed by atoms with E-state index in [2.05, 4.69) is 16.0 Å². The molecule has 0 heterocycles. The molecule has 0 radical (unpaired) electrons. The van der Waals surface area contributed by atoms with Gasteiger partial charge in [-0.1, -0.05) is 18.2 Å². The highest BCUT2D eigenvalue weighted by Gasteiger charge is 2.03. The van der Waals surface area contributed by atoms with E-state index < -0.39 is 0 Å². The summed E-state index contributed by atoms with van der Waals surface area (Å²) in [7, 11) is 0. The van der Waals surface area contributed by atoms with E-state index in [-0.39, 0.29) is 18.4 Å². The van der Waals surface area contributed by atoms with Gasteiger partial charge < -0.3 is 20.7 Å². The van der Waals surface area contributed by atoms with Crippen LogP contribution in [0, 0.1) is 0 Å². The average Bonchev–Trinajstić information content (AvgIpc) is 2.60. The zero-order valence-electron chi connectivity index (χ0n) is 14.2. The van der Waals surface area contributed by atoms with Crippen LogP contribution < -0.4 is 20.7 Å². The van der Waals surface area contributed by atoms with Crippen LogP contribution in [0.5, 0.6) is 11.5 Å². The van der Waals surface area contributed by atoms with E-state index in [9.17, 15) is 9.59 Å². The highest BCUT2D eigenvalue weighted by molar-refractivity contribution is 5.92. The van der Waals surface area contributed by atoms with Gasteiger partial charge in [-0.25, -0.2) is 0 Å². The topological polar surface area (TPSA) is 79.5 Å². The van der Waals surface area contributed by atoms with Gasteiger partial charge >= 0.3 is 0 Å². The van der Waals surface area contributed by atoms with Crippen molar-refractivity contribution in [2.45, 2.75) is 13.3 Å². The van der Waals surface area contributed by atoms with E-state index >= 15 is 0 Å². The van der Waals surface area contributed by atoms with E-state index in [1.165, 1.54) is 6.92 Å². The van der Waals surface area contributed by atoms with Crippen molar-refractivity contribution in [3.63, 3.8) is 0 Å². The van der Waals surface area contributed by atoms with Crippen LogP contribution in [0.2, 0.25) is 0 Å². The minimum Gasteiger partial charge on any atom is -0.457 e. The summed E-state index contributed by atoms with van der Waals surface area (Å²) in [6.07, 6.45) is 0.776. The van der Waals surface area contributed by atoms with Crippen LogP contribution in [0.15, 0.2) is 54.6 Å². The lowest BCUT2D eigenvalue weighted by Crippen LogP contribution is -2.31. The lowest BCUT2D eigenvalue weighted by Gasteiger charge is -2.09. The van der Waals surface area contributed by atoms with Crippen molar-refractivity contribution in [2.24, 2.45) is 0 Å². The Bertz CT molecular complexity index is 672. The second kappa shape index (κ2) is 10.1. The van der Waals surface area contributed by atoms with Gasteiger partial charge in [0, 0.05) is 19.2 Å². The van der Waals surface area contributed by atoms with Crippen LogP contribution in [0.3, 0.4) is 0 Å². The van der Waals surface area contributed by atoms with E-state index in [1.54, 1.807) is 12.1 Å². The molecule has 0 aliphatic heterocycles. The number of rotatable bonds is 9. The normalized spacial score (nSPS) is 10.1. The molecular formula is C19H23N3O3. The third-order valence-corrected chi connectivity index (χ3v) is 3.31. The fraction of sp³-hybridized carbons (Fsp3) is 0.263. The summed E-state index contributed by atoms with van der Waals surface area (Å²) in [5, 5.41) is 8.56. The van der Waals surface area contributed by atoms with Crippen molar-refractivity contribution in [3.05, 3.63) is 54.6 Å². The lowest BCUT2D eigenvalue weighted by molar-refractivity contribution is -0.119. The first kappa shape index (κ1) is 18.5. The molecule has 0 unspecified atom stereocenters. The number of hydrogen-bond donors (Lipinski definition) is 3. The van der Waals surface area contributed by atoms with Gasteiger partial charge in [-0.3, -0.25) is 9.59 Å². The summed E-state index contributed by atoms with van der Waals surface area (Å²) in [6, 6.07) is 16.7. The van der Waals surface area contributed by atoms with Crippen LogP contribution in [0.4, 0.5) is 5.69 Å². The number of hydrogen-bond acceptors (Lipinski definition) is 4. The molecule has 2 aromatic carbocycles. The van der Waals surface area contributed by atoms with Gasteiger partial charge in [0.15, 0.2) is 0 Å². The molecule has 2 amide bonds. The molecule has 6 nitrogen and oxygen atoms in total. The SMILES string of the molecule is CC(=O)NCCCNCC(=O)Nc1ccc(Oc2ccccc2)cc1. The van der Waals surface area contributed by atoms with Gasteiger partial charge in [-0.05, 0) is 49.4 Å². The first-order chi connectivity index (χ1) is 12.1. The summed E-state index contributed by atoms with van der Waals surface area (Å²) in [5.74, 6) is 1.32. The first-order valence-corrected chi connectivity index (χ1v) is 8.21. The number of amides is 2. The molecule has 25 heavy (non-hydrogen) atoms. The van der Waals surface area contributed by atoms with Crippen LogP contribution in [-0.2, 0) is 9.59 Å². The molecule has 0 spiro atoms. The highest BCUT2D eigenvalue weighted by Crippen LogP contribution is 2.22. The Morgan fingerprint density at radius 3 is 2.28 bits per heavy atom. The van der Waals surface area contributed by atoms with Gasteiger partial charge in [0.1, 0.15) is 11.5 Å². The maximum Gasteiger partial charge on any atom is 0.238 e. The monoisotopic (exact) mass is 341 g/mol. The maximum atomic E-state index is 11.9. The fourth-order valence-electron chi connectivity index (χ4n) is 2.12. The molecule has 0 saturated carbocycles. The molecule has 0 fully saturated rings. The molecule has 0 aliphatic carbocycles. The predicted molar refractivity (Wildman–Crippen MR) is 97.8 cm³/mol. The molecule has 0 bridgehead atoms. The number of carbonyl (C=O) groups excluding carboxylic acids is 2. The lowest BCUT2D eigenvalue weighted by atomic mass is 10.3. The van der Waals surface area contributed by atoms with Crippen LogP contribution >= 0.6 is 0 Å². The van der Waals surface area contributed by atoms with Crippen molar-refractivity contribution in [1.82, 2.24) is 10.6 Å². The number of benzene rings is 2. The Morgan fingerprint density at radius 2 is 1.60 bits per heavy atom. The third kappa shape index (κ3) is 7.50. The summed E-state index contributed by atoms with van der Waals surface area (Å²) in [4.78, 5) is 22.6. The molecule has 2 rings (SSSR count). The van der Waals surface area contributed by atoms with Gasteiger partial charge in [0.25, 0.3) is 0 Å². The predicted octanol–water partition coefficient (Wildman–Crippen LogP) is 2.53. The van der Waals surface area contributed by atoms with Crippen molar-refractivity contribution in [2.75, 3.05) is 25.0 Å². The number of carbonyl (C=O) groups is 2. The van der Waals surface area contributed by atoms with Crippen molar-refractivity contribution >= 4 is 17.5 Å². The second-order valence-corrected chi connectivity index (χ2v) is 5.50. The third-order valence-electron chi connectivity index (χ3n) is 3.31. The Hall–Kier alpha value is -2.86. The molecule has 0 aromatic heterocycles. The summed E-state index contributed by atoms with van der Waals surface area (Å²) >= 11 is 0. The highest BCUT2D eigenvalue weighted by atomic mass is 16.5. The van der Waals surface area contributed by atoms with Crippen LogP contribution in [0.1, 0.15) is 13.3 Å². The fourth-order valence-corrected chi connectivity index (χ4v) is 2.12. The van der Waals surface area contributed by atoms with Crippen molar-refractivity contribution in [1.29, 1.82) is 0 Å². The van der Waals surface area contributed by atoms with E-state index in [0.29, 0.717) is 24.5 Å². The molecular weight excluding hydrogens is 318 g/mol. The standard InChI is InChI=1S/C19H23N3O3/c1-15(23)21-13-5-12-20-14-19(24)22-16-8-10-18(11-9-16)25-17-6-3-2-4-7-17/h2-4,6-11,20H,5,12-14H2,1H3,(H,21,23)(H,22,24). The maximum absolute atomic E-state index is 11.9. The van der Waals surface area contributed by atoms with E-state index in [0.717, 1.165) is 12.2 Å². The average molecular weight is 341 g/mol. The molecule has 3 N–H and O–H groups in total. The molecule has 0 saturated heterocycles. The summed E-state index contributed by atoms with van der Waals surface area (Å²) in [5.41, 5.74) is 0.713. The van der Waals surface area contributed by atoms with Gasteiger partial charge in [0.2, 0.25) is 11.8 Å². The Kier molecular flexibility index (Phi) is 7.46. The number of nitrogens with one attached hydrogen (secondary N) is 3. The second-order valence-electron chi connectivity index (χ2n) is 5.50. The zero-order chi connectivity index (χ0) is 17.9. The summed E-state index contributed by atoms with van der Waals surface area (Å²) < 4.78 is 5.70. The Balaban J connectivity index is 1.68. The molecule has 6 heteroatoms. The van der Waals surface area contributed by atoms with E-state index in [4.69, 9.17) is 4.74 Å². The smallest absolute Gasteiger partial charge is 0.238 e. The molecule has 0 atom stereocenters. The number of para-hydroxylation sites is 1. The largest absolute Gasteiger partial charge is 0.457 e. The Labute approximate surface area is 147 Å². The first-order valence-electron chi connectivity index (χ1n) is 8.21. The van der Waals surface area contributed by atoms with Gasteiger partial charge in [0.05, 0.1) is 6.54 Å².